The Bertz CT molecular complexity index is 383. The minimum atomic E-state index is -0.911. The fourth-order valence-electron chi connectivity index (χ4n) is 2.85. The molecule has 6 heteroatoms. The molecule has 0 bridgehead atoms. The first kappa shape index (κ1) is 16.5. The Morgan fingerprint density at radius 1 is 1.20 bits per heavy atom. The zero-order valence-corrected chi connectivity index (χ0v) is 12.4. The maximum atomic E-state index is 12.3. The van der Waals surface area contributed by atoms with Crippen molar-refractivity contribution in [3.05, 3.63) is 0 Å². The van der Waals surface area contributed by atoms with Crippen LogP contribution in [0.1, 0.15) is 33.1 Å². The molecular weight excluding hydrogens is 260 g/mol. The van der Waals surface area contributed by atoms with Crippen molar-refractivity contribution >= 4 is 17.8 Å². The summed E-state index contributed by atoms with van der Waals surface area (Å²) in [6.45, 7) is 4.31. The first-order valence-electron chi connectivity index (χ1n) is 7.15. The molecule has 6 nitrogen and oxygen atoms in total. The van der Waals surface area contributed by atoms with Crippen molar-refractivity contribution in [2.45, 2.75) is 33.1 Å². The van der Waals surface area contributed by atoms with Gasteiger partial charge in [-0.05, 0) is 25.7 Å². The van der Waals surface area contributed by atoms with E-state index < -0.39 is 17.8 Å². The van der Waals surface area contributed by atoms with Crippen molar-refractivity contribution in [3.63, 3.8) is 0 Å². The lowest BCUT2D eigenvalue weighted by Crippen LogP contribution is -2.42. The molecule has 0 spiro atoms. The maximum Gasteiger partial charge on any atom is 0.307 e. The molecule has 1 fully saturated rings. The predicted octanol–water partition coefficient (Wildman–Crippen LogP) is 0.718. The highest BCUT2D eigenvalue weighted by atomic mass is 16.4. The number of likely N-dealkylation sites (N-methyl/N-ethyl adjacent to an activating group) is 2. The van der Waals surface area contributed by atoms with Gasteiger partial charge < -0.3 is 15.3 Å². The van der Waals surface area contributed by atoms with Gasteiger partial charge in [-0.1, -0.05) is 13.3 Å². The van der Waals surface area contributed by atoms with Crippen LogP contribution in [0.4, 0.5) is 0 Å². The molecule has 0 aromatic heterocycles. The summed E-state index contributed by atoms with van der Waals surface area (Å²) in [5, 5.41) is 11.9. The number of aliphatic carboxylic acids is 1. The van der Waals surface area contributed by atoms with Crippen LogP contribution in [-0.4, -0.2) is 47.9 Å². The lowest BCUT2D eigenvalue weighted by atomic mass is 9.95. The standard InChI is InChI=1S/C14H24N2O4/c1-4-9-6-10(11(7-9)14(19)20)13(18)16(3)8-12(17)15-5-2/h9-11H,4-8H2,1-3H3,(H,15,17)(H,19,20). The minimum absolute atomic E-state index is 0.0215. The summed E-state index contributed by atoms with van der Waals surface area (Å²) in [6, 6.07) is 0. The summed E-state index contributed by atoms with van der Waals surface area (Å²) in [5.41, 5.74) is 0. The largest absolute Gasteiger partial charge is 0.481 e. The third kappa shape index (κ3) is 3.95. The highest BCUT2D eigenvalue weighted by molar-refractivity contribution is 5.88. The zero-order valence-electron chi connectivity index (χ0n) is 12.4. The number of carboxylic acids is 1. The second-order valence-electron chi connectivity index (χ2n) is 5.44. The molecule has 0 saturated heterocycles. The molecule has 0 aliphatic heterocycles. The van der Waals surface area contributed by atoms with Crippen molar-refractivity contribution in [1.29, 1.82) is 0 Å². The van der Waals surface area contributed by atoms with Gasteiger partial charge in [0.2, 0.25) is 11.8 Å². The number of carbonyl (C=O) groups is 3. The van der Waals surface area contributed by atoms with Crippen LogP contribution in [0.15, 0.2) is 0 Å². The molecule has 1 aliphatic carbocycles. The number of amides is 2. The van der Waals surface area contributed by atoms with E-state index in [1.54, 1.807) is 7.05 Å². The smallest absolute Gasteiger partial charge is 0.307 e. The van der Waals surface area contributed by atoms with E-state index in [0.29, 0.717) is 19.4 Å². The molecule has 3 unspecified atom stereocenters. The number of nitrogens with one attached hydrogen (secondary N) is 1. The van der Waals surface area contributed by atoms with Gasteiger partial charge in [0.1, 0.15) is 0 Å². The molecule has 0 heterocycles. The normalized spacial score (nSPS) is 25.2. The van der Waals surface area contributed by atoms with Crippen molar-refractivity contribution in [2.75, 3.05) is 20.1 Å². The first-order chi connectivity index (χ1) is 9.40. The van der Waals surface area contributed by atoms with E-state index in [1.165, 1.54) is 4.90 Å². The topological polar surface area (TPSA) is 86.7 Å². The number of carbonyl (C=O) groups excluding carboxylic acids is 2. The van der Waals surface area contributed by atoms with Crippen LogP contribution in [0, 0.1) is 17.8 Å². The zero-order chi connectivity index (χ0) is 15.3. The van der Waals surface area contributed by atoms with E-state index in [1.807, 2.05) is 13.8 Å². The van der Waals surface area contributed by atoms with Gasteiger partial charge in [0.05, 0.1) is 18.4 Å². The molecule has 114 valence electrons. The van der Waals surface area contributed by atoms with Gasteiger partial charge in [-0.2, -0.15) is 0 Å². The number of hydrogen-bond acceptors (Lipinski definition) is 3. The molecule has 1 aliphatic rings. The lowest BCUT2D eigenvalue weighted by Gasteiger charge is -2.23. The summed E-state index contributed by atoms with van der Waals surface area (Å²) in [6.07, 6.45) is 2.04. The van der Waals surface area contributed by atoms with Crippen LogP contribution >= 0.6 is 0 Å². The van der Waals surface area contributed by atoms with E-state index in [0.717, 1.165) is 6.42 Å². The Labute approximate surface area is 119 Å². The molecule has 2 N–H and O–H groups in total. The maximum absolute atomic E-state index is 12.3. The van der Waals surface area contributed by atoms with Crippen LogP contribution in [0.25, 0.3) is 0 Å². The summed E-state index contributed by atoms with van der Waals surface area (Å²) >= 11 is 0. The molecule has 3 atom stereocenters. The van der Waals surface area contributed by atoms with Gasteiger partial charge in [0.25, 0.3) is 0 Å². The highest BCUT2D eigenvalue weighted by Crippen LogP contribution is 2.39. The van der Waals surface area contributed by atoms with Crippen LogP contribution in [0.2, 0.25) is 0 Å². The minimum Gasteiger partial charge on any atom is -0.481 e. The van der Waals surface area contributed by atoms with Gasteiger partial charge in [-0.15, -0.1) is 0 Å². The summed E-state index contributed by atoms with van der Waals surface area (Å²) in [5.74, 6) is -2.21. The van der Waals surface area contributed by atoms with Gasteiger partial charge >= 0.3 is 5.97 Å². The number of rotatable bonds is 6. The van der Waals surface area contributed by atoms with Crippen molar-refractivity contribution in [2.24, 2.45) is 17.8 Å². The second kappa shape index (κ2) is 7.26. The molecule has 1 saturated carbocycles. The van der Waals surface area contributed by atoms with E-state index in [2.05, 4.69) is 5.32 Å². The molecule has 2 amide bonds. The summed E-state index contributed by atoms with van der Waals surface area (Å²) in [7, 11) is 1.55. The third-order valence-corrected chi connectivity index (χ3v) is 4.00. The Hall–Kier alpha value is -1.59. The van der Waals surface area contributed by atoms with Crippen LogP contribution in [0.5, 0.6) is 0 Å². The number of carboxylic acid groups (broad SMARTS) is 1. The number of hydrogen-bond donors (Lipinski definition) is 2. The molecule has 0 aromatic carbocycles. The van der Waals surface area contributed by atoms with Crippen LogP contribution in [-0.2, 0) is 14.4 Å². The predicted molar refractivity (Wildman–Crippen MR) is 74.0 cm³/mol. The van der Waals surface area contributed by atoms with E-state index >= 15 is 0 Å². The van der Waals surface area contributed by atoms with Gasteiger partial charge in [0, 0.05) is 13.6 Å². The fourth-order valence-corrected chi connectivity index (χ4v) is 2.85. The third-order valence-electron chi connectivity index (χ3n) is 4.00. The number of nitrogens with zero attached hydrogens (tertiary/aromatic N) is 1. The highest BCUT2D eigenvalue weighted by Gasteiger charge is 2.43. The molecule has 20 heavy (non-hydrogen) atoms. The Morgan fingerprint density at radius 3 is 2.30 bits per heavy atom. The monoisotopic (exact) mass is 284 g/mol. The Kier molecular flexibility index (Phi) is 5.98. The Morgan fingerprint density at radius 2 is 1.80 bits per heavy atom. The lowest BCUT2D eigenvalue weighted by molar-refractivity contribution is -0.149. The van der Waals surface area contributed by atoms with Gasteiger partial charge in [-0.3, -0.25) is 14.4 Å². The van der Waals surface area contributed by atoms with Crippen molar-refractivity contribution in [3.8, 4) is 0 Å². The molecule has 1 rings (SSSR count). The van der Waals surface area contributed by atoms with Crippen molar-refractivity contribution in [1.82, 2.24) is 10.2 Å². The fraction of sp³-hybridized carbons (Fsp3) is 0.786. The summed E-state index contributed by atoms with van der Waals surface area (Å²) < 4.78 is 0. The molecular formula is C14H24N2O4. The SMILES string of the molecule is CCNC(=O)CN(C)C(=O)C1CC(CC)CC1C(=O)O. The Balaban J connectivity index is 2.68. The van der Waals surface area contributed by atoms with E-state index in [-0.39, 0.29) is 24.3 Å². The van der Waals surface area contributed by atoms with Gasteiger partial charge in [-0.25, -0.2) is 0 Å². The average Bonchev–Trinajstić information content (AvgIpc) is 2.82. The van der Waals surface area contributed by atoms with Crippen LogP contribution < -0.4 is 5.32 Å². The quantitative estimate of drug-likeness (QED) is 0.752. The van der Waals surface area contributed by atoms with Crippen LogP contribution in [0.3, 0.4) is 0 Å². The van der Waals surface area contributed by atoms with E-state index in [4.69, 9.17) is 0 Å². The first-order valence-corrected chi connectivity index (χ1v) is 7.15. The van der Waals surface area contributed by atoms with Crippen molar-refractivity contribution < 1.29 is 19.5 Å². The van der Waals surface area contributed by atoms with E-state index in [9.17, 15) is 19.5 Å². The summed E-state index contributed by atoms with van der Waals surface area (Å²) in [4.78, 5) is 36.4. The van der Waals surface area contributed by atoms with Gasteiger partial charge in [0.15, 0.2) is 0 Å². The molecule has 0 aromatic rings. The second-order valence-corrected chi connectivity index (χ2v) is 5.44. The molecule has 0 radical (unpaired) electrons. The average molecular weight is 284 g/mol.